The summed E-state index contributed by atoms with van der Waals surface area (Å²) in [5.74, 6) is 1.48. The summed E-state index contributed by atoms with van der Waals surface area (Å²) in [7, 11) is 2.02. The summed E-state index contributed by atoms with van der Waals surface area (Å²) in [6, 6.07) is 12.0. The van der Waals surface area contributed by atoms with Gasteiger partial charge in [-0.05, 0) is 17.7 Å². The van der Waals surface area contributed by atoms with Gasteiger partial charge in [-0.15, -0.1) is 0 Å². The lowest BCUT2D eigenvalue weighted by atomic mass is 10.1. The van der Waals surface area contributed by atoms with Gasteiger partial charge < -0.3 is 20.1 Å². The molecular weight excluding hydrogens is 332 g/mol. The number of rotatable bonds is 3. The largest absolute Gasteiger partial charge is 0.486 e. The zero-order chi connectivity index (χ0) is 14.8. The van der Waals surface area contributed by atoms with Crippen molar-refractivity contribution in [2.24, 2.45) is 0 Å². The van der Waals surface area contributed by atoms with Crippen LogP contribution in [-0.4, -0.2) is 20.3 Å². The Morgan fingerprint density at radius 2 is 1.86 bits per heavy atom. The van der Waals surface area contributed by atoms with Crippen molar-refractivity contribution in [1.29, 1.82) is 0 Å². The number of halogens is 1. The normalized spacial score (nSPS) is 13.0. The molecule has 2 N–H and O–H groups in total. The third-order valence-electron chi connectivity index (χ3n) is 3.41. The van der Waals surface area contributed by atoms with Crippen molar-refractivity contribution in [3.05, 3.63) is 46.4 Å². The molecule has 3 rings (SSSR count). The number of fused-ring (bicyclic) bond motifs is 1. The van der Waals surface area contributed by atoms with E-state index in [1.54, 1.807) is 0 Å². The van der Waals surface area contributed by atoms with Crippen molar-refractivity contribution in [3.8, 4) is 11.5 Å². The Morgan fingerprint density at radius 3 is 2.57 bits per heavy atom. The molecule has 0 bridgehead atoms. The van der Waals surface area contributed by atoms with Gasteiger partial charge in [-0.1, -0.05) is 28.1 Å². The third-order valence-corrected chi connectivity index (χ3v) is 3.90. The molecule has 0 fully saturated rings. The number of nitrogens with zero attached hydrogens (tertiary/aromatic N) is 1. The highest BCUT2D eigenvalue weighted by Gasteiger charge is 2.16. The fourth-order valence-corrected chi connectivity index (χ4v) is 2.87. The predicted octanol–water partition coefficient (Wildman–Crippen LogP) is 3.44. The molecule has 0 saturated heterocycles. The molecule has 21 heavy (non-hydrogen) atoms. The Hall–Kier alpha value is -1.88. The number of benzene rings is 2. The van der Waals surface area contributed by atoms with Gasteiger partial charge in [-0.25, -0.2) is 0 Å². The van der Waals surface area contributed by atoms with E-state index in [0.717, 1.165) is 28.2 Å². The van der Waals surface area contributed by atoms with Crippen molar-refractivity contribution in [3.63, 3.8) is 0 Å². The van der Waals surface area contributed by atoms with Crippen LogP contribution < -0.4 is 20.1 Å². The average Bonchev–Trinajstić information content (AvgIpc) is 2.46. The minimum atomic E-state index is 0.569. The molecule has 1 aliphatic heterocycles. The molecule has 1 heterocycles. The van der Waals surface area contributed by atoms with Gasteiger partial charge >= 0.3 is 0 Å². The fraction of sp³-hybridized carbons (Fsp3) is 0.250. The van der Waals surface area contributed by atoms with Crippen LogP contribution in [0.5, 0.6) is 11.5 Å². The van der Waals surface area contributed by atoms with Gasteiger partial charge in [0.2, 0.25) is 0 Å². The van der Waals surface area contributed by atoms with Gasteiger partial charge in [0.25, 0.3) is 0 Å². The van der Waals surface area contributed by atoms with E-state index in [-0.39, 0.29) is 0 Å². The van der Waals surface area contributed by atoms with Crippen LogP contribution in [0.25, 0.3) is 0 Å². The van der Waals surface area contributed by atoms with Crippen LogP contribution >= 0.6 is 15.9 Å². The molecule has 4 nitrogen and oxygen atoms in total. The average molecular weight is 349 g/mol. The van der Waals surface area contributed by atoms with Crippen LogP contribution in [0.15, 0.2) is 40.9 Å². The molecule has 0 unspecified atom stereocenters. The lowest BCUT2D eigenvalue weighted by Gasteiger charge is -2.25. The van der Waals surface area contributed by atoms with Gasteiger partial charge in [0, 0.05) is 30.2 Å². The Labute approximate surface area is 132 Å². The zero-order valence-electron chi connectivity index (χ0n) is 11.8. The highest BCUT2D eigenvalue weighted by atomic mass is 79.9. The van der Waals surface area contributed by atoms with E-state index in [2.05, 4.69) is 33.0 Å². The molecule has 0 radical (unpaired) electrons. The molecule has 0 amide bonds. The van der Waals surface area contributed by atoms with Crippen LogP contribution in [0.1, 0.15) is 5.56 Å². The minimum Gasteiger partial charge on any atom is -0.486 e. The Morgan fingerprint density at radius 1 is 1.14 bits per heavy atom. The monoisotopic (exact) mass is 348 g/mol. The first-order valence-electron chi connectivity index (χ1n) is 6.78. The number of hydrogen-bond donors (Lipinski definition) is 1. The standard InChI is InChI=1S/C16H17BrN2O2/c1-19(10-11-3-2-4-12(17)7-11)14-9-16-15(8-13(14)18)20-5-6-21-16/h2-4,7-9H,5-6,10,18H2,1H3. The smallest absolute Gasteiger partial charge is 0.163 e. The summed E-state index contributed by atoms with van der Waals surface area (Å²) in [4.78, 5) is 2.11. The zero-order valence-corrected chi connectivity index (χ0v) is 13.4. The number of ether oxygens (including phenoxy) is 2. The fourth-order valence-electron chi connectivity index (χ4n) is 2.42. The maximum Gasteiger partial charge on any atom is 0.163 e. The summed E-state index contributed by atoms with van der Waals surface area (Å²) in [5.41, 5.74) is 8.99. The lowest BCUT2D eigenvalue weighted by Crippen LogP contribution is -2.20. The number of nitrogen functional groups attached to an aromatic ring is 1. The maximum atomic E-state index is 6.14. The molecule has 2 aromatic carbocycles. The molecule has 0 aromatic heterocycles. The molecule has 0 saturated carbocycles. The lowest BCUT2D eigenvalue weighted by molar-refractivity contribution is 0.172. The van der Waals surface area contributed by atoms with E-state index in [0.29, 0.717) is 18.9 Å². The highest BCUT2D eigenvalue weighted by molar-refractivity contribution is 9.10. The SMILES string of the molecule is CN(Cc1cccc(Br)c1)c1cc2c(cc1N)OCCO2. The van der Waals surface area contributed by atoms with Crippen molar-refractivity contribution in [2.75, 3.05) is 30.9 Å². The molecule has 5 heteroatoms. The highest BCUT2D eigenvalue weighted by Crippen LogP contribution is 2.38. The summed E-state index contributed by atoms with van der Waals surface area (Å²) in [5, 5.41) is 0. The summed E-state index contributed by atoms with van der Waals surface area (Å²) >= 11 is 3.49. The molecule has 0 atom stereocenters. The quantitative estimate of drug-likeness (QED) is 0.863. The summed E-state index contributed by atoms with van der Waals surface area (Å²) in [6.07, 6.45) is 0. The van der Waals surface area contributed by atoms with E-state index in [1.807, 2.05) is 31.3 Å². The molecule has 1 aliphatic rings. The van der Waals surface area contributed by atoms with Gasteiger partial charge in [-0.3, -0.25) is 0 Å². The van der Waals surface area contributed by atoms with Crippen molar-refractivity contribution in [1.82, 2.24) is 0 Å². The Kier molecular flexibility index (Phi) is 3.92. The van der Waals surface area contributed by atoms with E-state index < -0.39 is 0 Å². The van der Waals surface area contributed by atoms with E-state index in [1.165, 1.54) is 5.56 Å². The van der Waals surface area contributed by atoms with Crippen molar-refractivity contribution in [2.45, 2.75) is 6.54 Å². The van der Waals surface area contributed by atoms with Crippen LogP contribution in [0.4, 0.5) is 11.4 Å². The van der Waals surface area contributed by atoms with Gasteiger partial charge in [0.1, 0.15) is 13.2 Å². The second-order valence-electron chi connectivity index (χ2n) is 5.04. The molecule has 2 aromatic rings. The summed E-state index contributed by atoms with van der Waals surface area (Å²) < 4.78 is 12.2. The van der Waals surface area contributed by atoms with Gasteiger partial charge in [-0.2, -0.15) is 0 Å². The topological polar surface area (TPSA) is 47.7 Å². The first-order chi connectivity index (χ1) is 10.1. The second-order valence-corrected chi connectivity index (χ2v) is 5.96. The van der Waals surface area contributed by atoms with Gasteiger partial charge in [0.15, 0.2) is 11.5 Å². The van der Waals surface area contributed by atoms with Crippen molar-refractivity contribution < 1.29 is 9.47 Å². The first kappa shape index (κ1) is 14.1. The molecular formula is C16H17BrN2O2. The van der Waals surface area contributed by atoms with E-state index >= 15 is 0 Å². The maximum absolute atomic E-state index is 6.14. The minimum absolute atomic E-state index is 0.569. The van der Waals surface area contributed by atoms with E-state index in [4.69, 9.17) is 15.2 Å². The van der Waals surface area contributed by atoms with E-state index in [9.17, 15) is 0 Å². The molecule has 0 aliphatic carbocycles. The first-order valence-corrected chi connectivity index (χ1v) is 7.57. The summed E-state index contributed by atoms with van der Waals surface area (Å²) in [6.45, 7) is 1.91. The number of nitrogens with two attached hydrogens (primary N) is 1. The van der Waals surface area contributed by atoms with Crippen LogP contribution in [-0.2, 0) is 6.54 Å². The third kappa shape index (κ3) is 3.08. The van der Waals surface area contributed by atoms with Crippen molar-refractivity contribution >= 4 is 27.3 Å². The van der Waals surface area contributed by atoms with Crippen LogP contribution in [0, 0.1) is 0 Å². The molecule has 0 spiro atoms. The predicted molar refractivity (Wildman–Crippen MR) is 88.1 cm³/mol. The number of anilines is 2. The van der Waals surface area contributed by atoms with Gasteiger partial charge in [0.05, 0.1) is 11.4 Å². The second kappa shape index (κ2) is 5.85. The number of hydrogen-bond acceptors (Lipinski definition) is 4. The Bertz CT molecular complexity index is 661. The Balaban J connectivity index is 1.85. The van der Waals surface area contributed by atoms with Crippen LogP contribution in [0.3, 0.4) is 0 Å². The molecule has 110 valence electrons. The van der Waals surface area contributed by atoms with Crippen LogP contribution in [0.2, 0.25) is 0 Å².